The number of aromatic nitrogens is 2. The van der Waals surface area contributed by atoms with Crippen molar-refractivity contribution in [3.8, 4) is 11.4 Å². The molecule has 0 bridgehead atoms. The lowest BCUT2D eigenvalue weighted by molar-refractivity contribution is 0.265. The van der Waals surface area contributed by atoms with Crippen molar-refractivity contribution < 1.29 is 9.84 Å². The minimum atomic E-state index is -0.505. The van der Waals surface area contributed by atoms with E-state index in [2.05, 4.69) is 4.98 Å². The van der Waals surface area contributed by atoms with Crippen molar-refractivity contribution in [2.24, 2.45) is 5.73 Å². The molecule has 18 heavy (non-hydrogen) atoms. The van der Waals surface area contributed by atoms with Crippen molar-refractivity contribution in [1.29, 1.82) is 0 Å². The maximum absolute atomic E-state index is 9.12. The molecule has 1 aromatic carbocycles. The Bertz CT molecular complexity index is 542. The first-order valence-electron chi connectivity index (χ1n) is 5.40. The zero-order chi connectivity index (χ0) is 13.1. The van der Waals surface area contributed by atoms with Crippen LogP contribution in [0.2, 0.25) is 5.02 Å². The van der Waals surface area contributed by atoms with Crippen molar-refractivity contribution in [3.63, 3.8) is 0 Å². The first-order chi connectivity index (χ1) is 8.67. The lowest BCUT2D eigenvalue weighted by atomic mass is 10.2. The molecule has 2 aromatic rings. The summed E-state index contributed by atoms with van der Waals surface area (Å²) in [7, 11) is 1.58. The number of methoxy groups -OCH3 is 1. The fourth-order valence-corrected chi connectivity index (χ4v) is 1.89. The molecule has 0 fully saturated rings. The van der Waals surface area contributed by atoms with Crippen LogP contribution in [0.3, 0.4) is 0 Å². The number of nitrogens with two attached hydrogens (primary N) is 1. The van der Waals surface area contributed by atoms with Gasteiger partial charge in [0.2, 0.25) is 0 Å². The van der Waals surface area contributed by atoms with Gasteiger partial charge in [0.05, 0.1) is 48.7 Å². The third-order valence-electron chi connectivity index (χ3n) is 2.66. The number of benzene rings is 1. The number of rotatable bonds is 4. The fraction of sp³-hybridized carbons (Fsp3) is 0.250. The predicted molar refractivity (Wildman–Crippen MR) is 69.1 cm³/mol. The largest absolute Gasteiger partial charge is 0.497 e. The predicted octanol–water partition coefficient (Wildman–Crippen LogP) is 1.53. The molecule has 0 aliphatic rings. The standard InChI is InChI=1S/C12H14ClN3O2/c1-18-8-2-3-9(13)11(4-8)16-7-15-5-12(16)10(14)6-17/h2-5,7,10,17H,6,14H2,1H3. The number of aliphatic hydroxyl groups is 1. The highest BCUT2D eigenvalue weighted by molar-refractivity contribution is 6.32. The van der Waals surface area contributed by atoms with Crippen molar-refractivity contribution in [2.75, 3.05) is 13.7 Å². The summed E-state index contributed by atoms with van der Waals surface area (Å²) >= 11 is 6.16. The van der Waals surface area contributed by atoms with Gasteiger partial charge in [-0.2, -0.15) is 0 Å². The number of hydrogen-bond acceptors (Lipinski definition) is 4. The molecule has 0 saturated carbocycles. The molecule has 6 heteroatoms. The van der Waals surface area contributed by atoms with Crippen molar-refractivity contribution >= 4 is 11.6 Å². The van der Waals surface area contributed by atoms with Crippen LogP contribution in [-0.2, 0) is 0 Å². The molecule has 5 nitrogen and oxygen atoms in total. The summed E-state index contributed by atoms with van der Waals surface area (Å²) < 4.78 is 6.90. The summed E-state index contributed by atoms with van der Waals surface area (Å²) in [5.41, 5.74) is 7.22. The van der Waals surface area contributed by atoms with Crippen molar-refractivity contribution in [2.45, 2.75) is 6.04 Å². The smallest absolute Gasteiger partial charge is 0.121 e. The highest BCUT2D eigenvalue weighted by atomic mass is 35.5. The molecule has 0 radical (unpaired) electrons. The molecule has 2 rings (SSSR count). The quantitative estimate of drug-likeness (QED) is 0.881. The highest BCUT2D eigenvalue weighted by Gasteiger charge is 2.14. The minimum absolute atomic E-state index is 0.159. The molecule has 1 aromatic heterocycles. The zero-order valence-electron chi connectivity index (χ0n) is 9.88. The number of nitrogens with zero attached hydrogens (tertiary/aromatic N) is 2. The molecular formula is C12H14ClN3O2. The molecular weight excluding hydrogens is 254 g/mol. The van der Waals surface area contributed by atoms with E-state index in [-0.39, 0.29) is 6.61 Å². The van der Waals surface area contributed by atoms with Gasteiger partial charge in [-0.3, -0.25) is 4.57 Å². The van der Waals surface area contributed by atoms with Crippen molar-refractivity contribution in [1.82, 2.24) is 9.55 Å². The molecule has 0 aliphatic heterocycles. The second kappa shape index (κ2) is 5.39. The van der Waals surface area contributed by atoms with E-state index in [1.54, 1.807) is 42.4 Å². The van der Waals surface area contributed by atoms with Crippen LogP contribution < -0.4 is 10.5 Å². The molecule has 0 aliphatic carbocycles. The average Bonchev–Trinajstić information content (AvgIpc) is 2.87. The van der Waals surface area contributed by atoms with Crippen LogP contribution in [-0.4, -0.2) is 28.4 Å². The van der Waals surface area contributed by atoms with Gasteiger partial charge >= 0.3 is 0 Å². The van der Waals surface area contributed by atoms with Gasteiger partial charge in [0.15, 0.2) is 0 Å². The Kier molecular flexibility index (Phi) is 3.86. The van der Waals surface area contributed by atoms with Crippen LogP contribution in [0.4, 0.5) is 0 Å². The number of imidazole rings is 1. The molecule has 1 unspecified atom stereocenters. The third kappa shape index (κ3) is 2.33. The highest BCUT2D eigenvalue weighted by Crippen LogP contribution is 2.27. The van der Waals surface area contributed by atoms with Crippen LogP contribution >= 0.6 is 11.6 Å². The number of aliphatic hydroxyl groups excluding tert-OH is 1. The van der Waals surface area contributed by atoms with E-state index >= 15 is 0 Å². The Balaban J connectivity index is 2.51. The molecule has 3 N–H and O–H groups in total. The Labute approximate surface area is 110 Å². The maximum Gasteiger partial charge on any atom is 0.121 e. The van der Waals surface area contributed by atoms with Gasteiger partial charge in [0, 0.05) is 6.07 Å². The first kappa shape index (κ1) is 12.9. The van der Waals surface area contributed by atoms with E-state index in [1.807, 2.05) is 0 Å². The molecule has 1 atom stereocenters. The summed E-state index contributed by atoms with van der Waals surface area (Å²) in [5, 5.41) is 9.68. The molecule has 0 amide bonds. The van der Waals surface area contributed by atoms with Gasteiger partial charge in [-0.05, 0) is 12.1 Å². The number of hydrogen-bond donors (Lipinski definition) is 2. The van der Waals surface area contributed by atoms with Gasteiger partial charge in [-0.15, -0.1) is 0 Å². The normalized spacial score (nSPS) is 12.4. The Hall–Kier alpha value is -1.56. The van der Waals surface area contributed by atoms with Gasteiger partial charge in [0.1, 0.15) is 5.75 Å². The Morgan fingerprint density at radius 1 is 1.56 bits per heavy atom. The van der Waals surface area contributed by atoms with Crippen LogP contribution in [0, 0.1) is 0 Å². The molecule has 1 heterocycles. The van der Waals surface area contributed by atoms with E-state index < -0.39 is 6.04 Å². The second-order valence-electron chi connectivity index (χ2n) is 3.79. The number of halogens is 1. The van der Waals surface area contributed by atoms with Crippen LogP contribution in [0.25, 0.3) is 5.69 Å². The summed E-state index contributed by atoms with van der Waals surface area (Å²) in [5.74, 6) is 0.687. The first-order valence-corrected chi connectivity index (χ1v) is 5.77. The van der Waals surface area contributed by atoms with Crippen LogP contribution in [0.15, 0.2) is 30.7 Å². The topological polar surface area (TPSA) is 73.3 Å². The fourth-order valence-electron chi connectivity index (χ4n) is 1.68. The third-order valence-corrected chi connectivity index (χ3v) is 2.98. The minimum Gasteiger partial charge on any atom is -0.497 e. The van der Waals surface area contributed by atoms with E-state index in [1.165, 1.54) is 0 Å². The van der Waals surface area contributed by atoms with E-state index in [0.717, 1.165) is 0 Å². The Morgan fingerprint density at radius 2 is 2.33 bits per heavy atom. The summed E-state index contributed by atoms with van der Waals surface area (Å²) in [6.45, 7) is -0.159. The molecule has 0 saturated heterocycles. The summed E-state index contributed by atoms with van der Waals surface area (Å²) in [6.07, 6.45) is 3.21. The van der Waals surface area contributed by atoms with E-state index in [0.29, 0.717) is 22.2 Å². The Morgan fingerprint density at radius 3 is 3.00 bits per heavy atom. The maximum atomic E-state index is 9.12. The van der Waals surface area contributed by atoms with Gasteiger partial charge in [-0.25, -0.2) is 4.98 Å². The van der Waals surface area contributed by atoms with Gasteiger partial charge < -0.3 is 15.6 Å². The molecule has 96 valence electrons. The van der Waals surface area contributed by atoms with Gasteiger partial charge in [-0.1, -0.05) is 11.6 Å². The van der Waals surface area contributed by atoms with Crippen LogP contribution in [0.1, 0.15) is 11.7 Å². The number of ether oxygens (including phenoxy) is 1. The summed E-state index contributed by atoms with van der Waals surface area (Å²) in [4.78, 5) is 4.04. The summed E-state index contributed by atoms with van der Waals surface area (Å²) in [6, 6.07) is 4.80. The van der Waals surface area contributed by atoms with Gasteiger partial charge in [0.25, 0.3) is 0 Å². The SMILES string of the molecule is COc1ccc(Cl)c(-n2cncc2C(N)CO)c1. The lowest BCUT2D eigenvalue weighted by Gasteiger charge is -2.14. The average molecular weight is 268 g/mol. The monoisotopic (exact) mass is 267 g/mol. The van der Waals surface area contributed by atoms with E-state index in [4.69, 9.17) is 27.2 Å². The van der Waals surface area contributed by atoms with Crippen molar-refractivity contribution in [3.05, 3.63) is 41.4 Å². The van der Waals surface area contributed by atoms with Crippen LogP contribution in [0.5, 0.6) is 5.75 Å². The molecule has 0 spiro atoms. The zero-order valence-corrected chi connectivity index (χ0v) is 10.6. The lowest BCUT2D eigenvalue weighted by Crippen LogP contribution is -2.18. The van der Waals surface area contributed by atoms with E-state index in [9.17, 15) is 0 Å². The second-order valence-corrected chi connectivity index (χ2v) is 4.20.